The van der Waals surface area contributed by atoms with Gasteiger partial charge in [0.05, 0.1) is 5.75 Å². The van der Waals surface area contributed by atoms with Gasteiger partial charge >= 0.3 is 0 Å². The van der Waals surface area contributed by atoms with Gasteiger partial charge in [-0.2, -0.15) is 0 Å². The lowest BCUT2D eigenvalue weighted by Gasteiger charge is -2.09. The van der Waals surface area contributed by atoms with Crippen LogP contribution in [0.5, 0.6) is 5.75 Å². The molecular formula is C21H22N4O3S. The summed E-state index contributed by atoms with van der Waals surface area (Å²) in [6, 6.07) is 14.6. The number of ketones is 1. The Morgan fingerprint density at radius 3 is 2.52 bits per heavy atom. The molecule has 0 spiro atoms. The molecule has 0 bridgehead atoms. The average Bonchev–Trinajstić information content (AvgIpc) is 3.06. The Balaban J connectivity index is 1.52. The second-order valence-electron chi connectivity index (χ2n) is 6.48. The number of rotatable bonds is 8. The second-order valence-corrected chi connectivity index (χ2v) is 7.42. The molecule has 7 nitrogen and oxygen atoms in total. The van der Waals surface area contributed by atoms with Crippen LogP contribution in [-0.4, -0.2) is 32.2 Å². The number of hydrogen-bond acceptors (Lipinski definition) is 6. The normalized spacial score (nSPS) is 10.6. The van der Waals surface area contributed by atoms with E-state index in [1.54, 1.807) is 24.3 Å². The fourth-order valence-corrected chi connectivity index (χ4v) is 3.30. The molecule has 1 heterocycles. The average molecular weight is 410 g/mol. The van der Waals surface area contributed by atoms with Crippen LogP contribution >= 0.6 is 11.8 Å². The maximum Gasteiger partial charge on any atom is 0.234 e. The van der Waals surface area contributed by atoms with E-state index >= 15 is 0 Å². The Hall–Kier alpha value is -3.13. The summed E-state index contributed by atoms with van der Waals surface area (Å²) in [6.45, 7) is 3.79. The first-order valence-electron chi connectivity index (χ1n) is 9.04. The molecule has 29 heavy (non-hydrogen) atoms. The summed E-state index contributed by atoms with van der Waals surface area (Å²) < 4.78 is 7.63. The van der Waals surface area contributed by atoms with Gasteiger partial charge < -0.3 is 14.6 Å². The molecular weight excluding hydrogens is 388 g/mol. The van der Waals surface area contributed by atoms with Crippen LogP contribution in [0.3, 0.4) is 0 Å². The van der Waals surface area contributed by atoms with Gasteiger partial charge in [-0.25, -0.2) is 0 Å². The SMILES string of the molecule is CC(=O)c1ccc(NC(=O)CSc2nnc(COc3ccccc3C)n2C)cc1. The lowest BCUT2D eigenvalue weighted by Crippen LogP contribution is -2.14. The van der Waals surface area contributed by atoms with Crippen molar-refractivity contribution in [2.45, 2.75) is 25.6 Å². The van der Waals surface area contributed by atoms with Crippen molar-refractivity contribution >= 4 is 29.1 Å². The Morgan fingerprint density at radius 1 is 1.10 bits per heavy atom. The molecule has 0 saturated carbocycles. The number of ether oxygens (including phenoxy) is 1. The largest absolute Gasteiger partial charge is 0.485 e. The van der Waals surface area contributed by atoms with E-state index in [9.17, 15) is 9.59 Å². The highest BCUT2D eigenvalue weighted by atomic mass is 32.2. The van der Waals surface area contributed by atoms with E-state index < -0.39 is 0 Å². The molecule has 3 rings (SSSR count). The van der Waals surface area contributed by atoms with E-state index in [-0.39, 0.29) is 17.4 Å². The van der Waals surface area contributed by atoms with Gasteiger partial charge in [-0.3, -0.25) is 9.59 Å². The van der Waals surface area contributed by atoms with Gasteiger partial charge in [0.25, 0.3) is 0 Å². The number of hydrogen-bond donors (Lipinski definition) is 1. The summed E-state index contributed by atoms with van der Waals surface area (Å²) in [6.07, 6.45) is 0. The Labute approximate surface area is 173 Å². The Bertz CT molecular complexity index is 1020. The van der Waals surface area contributed by atoms with E-state index in [4.69, 9.17) is 4.74 Å². The fraction of sp³-hybridized carbons (Fsp3) is 0.238. The lowest BCUT2D eigenvalue weighted by atomic mass is 10.1. The predicted molar refractivity (Wildman–Crippen MR) is 112 cm³/mol. The summed E-state index contributed by atoms with van der Waals surface area (Å²) in [5, 5.41) is 11.7. The van der Waals surface area contributed by atoms with Crippen LogP contribution in [0.15, 0.2) is 53.7 Å². The van der Waals surface area contributed by atoms with Crippen molar-refractivity contribution in [2.75, 3.05) is 11.1 Å². The van der Waals surface area contributed by atoms with Crippen LogP contribution in [-0.2, 0) is 18.4 Å². The van der Waals surface area contributed by atoms with Gasteiger partial charge in [0.1, 0.15) is 12.4 Å². The summed E-state index contributed by atoms with van der Waals surface area (Å²) in [4.78, 5) is 23.5. The predicted octanol–water partition coefficient (Wildman–Crippen LogP) is 3.64. The highest BCUT2D eigenvalue weighted by Gasteiger charge is 2.13. The number of para-hydroxylation sites is 1. The van der Waals surface area contributed by atoms with Crippen molar-refractivity contribution in [3.63, 3.8) is 0 Å². The smallest absolute Gasteiger partial charge is 0.234 e. The zero-order chi connectivity index (χ0) is 20.8. The van der Waals surface area contributed by atoms with Crippen LogP contribution in [0.2, 0.25) is 0 Å². The number of nitrogens with one attached hydrogen (secondary N) is 1. The molecule has 3 aromatic rings. The number of Topliss-reactive ketones (excluding diaryl/α,β-unsaturated/α-hetero) is 1. The zero-order valence-corrected chi connectivity index (χ0v) is 17.3. The Kier molecular flexibility index (Phi) is 6.66. The van der Waals surface area contributed by atoms with E-state index in [1.165, 1.54) is 18.7 Å². The molecule has 1 aromatic heterocycles. The number of anilines is 1. The molecule has 1 amide bonds. The third-order valence-electron chi connectivity index (χ3n) is 4.28. The lowest BCUT2D eigenvalue weighted by molar-refractivity contribution is -0.113. The number of aryl methyl sites for hydroxylation is 1. The highest BCUT2D eigenvalue weighted by molar-refractivity contribution is 7.99. The molecule has 8 heteroatoms. The van der Waals surface area contributed by atoms with Crippen molar-refractivity contribution in [3.05, 3.63) is 65.5 Å². The van der Waals surface area contributed by atoms with Gasteiger partial charge in [-0.1, -0.05) is 30.0 Å². The van der Waals surface area contributed by atoms with Crippen LogP contribution in [0.4, 0.5) is 5.69 Å². The third kappa shape index (κ3) is 5.45. The number of nitrogens with zero attached hydrogens (tertiary/aromatic N) is 3. The molecule has 1 N–H and O–H groups in total. The maximum absolute atomic E-state index is 12.2. The zero-order valence-electron chi connectivity index (χ0n) is 16.5. The summed E-state index contributed by atoms with van der Waals surface area (Å²) >= 11 is 1.30. The van der Waals surface area contributed by atoms with Crippen LogP contribution < -0.4 is 10.1 Å². The Morgan fingerprint density at radius 2 is 1.83 bits per heavy atom. The van der Waals surface area contributed by atoms with Gasteiger partial charge in [-0.05, 0) is 49.7 Å². The van der Waals surface area contributed by atoms with Gasteiger partial charge in [0, 0.05) is 18.3 Å². The highest BCUT2D eigenvalue weighted by Crippen LogP contribution is 2.20. The number of benzene rings is 2. The minimum absolute atomic E-state index is 0.0112. The fourth-order valence-electron chi connectivity index (χ4n) is 2.57. The summed E-state index contributed by atoms with van der Waals surface area (Å²) in [5.41, 5.74) is 2.31. The van der Waals surface area contributed by atoms with Gasteiger partial charge in [0.2, 0.25) is 5.91 Å². The molecule has 0 radical (unpaired) electrons. The second kappa shape index (κ2) is 9.38. The molecule has 2 aromatic carbocycles. The van der Waals surface area contributed by atoms with E-state index in [0.29, 0.717) is 28.8 Å². The number of thioether (sulfide) groups is 1. The molecule has 0 fully saturated rings. The minimum atomic E-state index is -0.161. The first-order valence-corrected chi connectivity index (χ1v) is 10.0. The first-order chi connectivity index (χ1) is 13.9. The van der Waals surface area contributed by atoms with E-state index in [1.807, 2.05) is 42.8 Å². The number of amides is 1. The van der Waals surface area contributed by atoms with Crippen molar-refractivity contribution in [3.8, 4) is 5.75 Å². The van der Waals surface area contributed by atoms with Crippen molar-refractivity contribution < 1.29 is 14.3 Å². The standard InChI is InChI=1S/C21H22N4O3S/c1-14-6-4-5-7-18(14)28-12-19-23-24-21(25(19)3)29-13-20(27)22-17-10-8-16(9-11-17)15(2)26/h4-11H,12-13H2,1-3H3,(H,22,27). The quantitative estimate of drug-likeness (QED) is 0.451. The van der Waals surface area contributed by atoms with Gasteiger partial charge in [-0.15, -0.1) is 10.2 Å². The molecule has 0 aliphatic rings. The van der Waals surface area contributed by atoms with Crippen molar-refractivity contribution in [1.82, 2.24) is 14.8 Å². The molecule has 0 atom stereocenters. The van der Waals surface area contributed by atoms with Crippen molar-refractivity contribution in [1.29, 1.82) is 0 Å². The molecule has 150 valence electrons. The number of carbonyl (C=O) groups is 2. The minimum Gasteiger partial charge on any atom is -0.485 e. The van der Waals surface area contributed by atoms with Crippen molar-refractivity contribution in [2.24, 2.45) is 7.05 Å². The van der Waals surface area contributed by atoms with Gasteiger partial charge in [0.15, 0.2) is 16.8 Å². The third-order valence-corrected chi connectivity index (χ3v) is 5.30. The topological polar surface area (TPSA) is 86.1 Å². The first kappa shape index (κ1) is 20.6. The van der Waals surface area contributed by atoms with Crippen LogP contribution in [0.1, 0.15) is 28.7 Å². The van der Waals surface area contributed by atoms with Crippen LogP contribution in [0.25, 0.3) is 0 Å². The van der Waals surface area contributed by atoms with E-state index in [2.05, 4.69) is 15.5 Å². The molecule has 0 unspecified atom stereocenters. The number of aromatic nitrogens is 3. The molecule has 0 aliphatic carbocycles. The number of carbonyl (C=O) groups excluding carboxylic acids is 2. The summed E-state index contributed by atoms with van der Waals surface area (Å²) in [7, 11) is 1.84. The molecule has 0 saturated heterocycles. The maximum atomic E-state index is 12.2. The van der Waals surface area contributed by atoms with E-state index in [0.717, 1.165) is 11.3 Å². The molecule has 0 aliphatic heterocycles. The monoisotopic (exact) mass is 410 g/mol. The summed E-state index contributed by atoms with van der Waals surface area (Å²) in [5.74, 6) is 1.50. The van der Waals surface area contributed by atoms with Crippen LogP contribution in [0, 0.1) is 6.92 Å².